The smallest absolute Gasteiger partial charge is 0.253 e. The van der Waals surface area contributed by atoms with E-state index in [9.17, 15) is 4.79 Å². The molecule has 0 atom stereocenters. The molecule has 1 fully saturated rings. The van der Waals surface area contributed by atoms with Crippen LogP contribution >= 0.6 is 27.5 Å². The molecule has 1 aliphatic rings. The highest BCUT2D eigenvalue weighted by atomic mass is 79.9. The topological polar surface area (TPSA) is 51.1 Å². The van der Waals surface area contributed by atoms with E-state index in [-0.39, 0.29) is 5.91 Å². The summed E-state index contributed by atoms with van der Waals surface area (Å²) in [5.41, 5.74) is 3.34. The average molecular weight is 542 g/mol. The third-order valence-electron chi connectivity index (χ3n) is 5.69. The van der Waals surface area contributed by atoms with Gasteiger partial charge in [0.2, 0.25) is 0 Å². The third kappa shape index (κ3) is 6.19. The van der Waals surface area contributed by atoms with Crippen molar-refractivity contribution in [2.24, 2.45) is 4.99 Å². The first-order valence-corrected chi connectivity index (χ1v) is 12.4. The van der Waals surface area contributed by atoms with Gasteiger partial charge in [0.05, 0.1) is 17.8 Å². The van der Waals surface area contributed by atoms with Crippen molar-refractivity contribution in [2.75, 3.05) is 20.2 Å². The molecule has 34 heavy (non-hydrogen) atoms. The predicted molar refractivity (Wildman–Crippen MR) is 140 cm³/mol. The summed E-state index contributed by atoms with van der Waals surface area (Å²) in [6.07, 6.45) is 5.13. The summed E-state index contributed by atoms with van der Waals surface area (Å²) in [4.78, 5) is 19.1. The molecule has 0 radical (unpaired) electrons. The van der Waals surface area contributed by atoms with Gasteiger partial charge < -0.3 is 14.4 Å². The number of piperidine rings is 1. The van der Waals surface area contributed by atoms with Crippen molar-refractivity contribution >= 4 is 45.3 Å². The van der Waals surface area contributed by atoms with Crippen molar-refractivity contribution in [1.82, 2.24) is 4.90 Å². The molecule has 0 N–H and O–H groups in total. The molecule has 0 saturated carbocycles. The third-order valence-corrected chi connectivity index (χ3v) is 6.92. The molecule has 3 aromatic carbocycles. The largest absolute Gasteiger partial charge is 0.493 e. The zero-order valence-electron chi connectivity index (χ0n) is 19.0. The van der Waals surface area contributed by atoms with E-state index >= 15 is 0 Å². The second-order valence-electron chi connectivity index (χ2n) is 8.11. The van der Waals surface area contributed by atoms with E-state index in [1.807, 2.05) is 59.5 Å². The maximum Gasteiger partial charge on any atom is 0.253 e. The molecule has 5 nitrogen and oxygen atoms in total. The first kappa shape index (κ1) is 24.3. The van der Waals surface area contributed by atoms with Crippen LogP contribution in [0, 0.1) is 0 Å². The van der Waals surface area contributed by atoms with Crippen LogP contribution in [0.25, 0.3) is 0 Å². The number of carbonyl (C=O) groups is 1. The molecular weight excluding hydrogens is 516 g/mol. The number of rotatable bonds is 7. The average Bonchev–Trinajstić information content (AvgIpc) is 2.88. The summed E-state index contributed by atoms with van der Waals surface area (Å²) >= 11 is 9.51. The minimum atomic E-state index is 0.108. The molecule has 3 aromatic rings. The molecule has 0 spiro atoms. The lowest BCUT2D eigenvalue weighted by Crippen LogP contribution is -2.35. The molecule has 7 heteroatoms. The molecular formula is C27H26BrClN2O3. The Morgan fingerprint density at radius 1 is 1.03 bits per heavy atom. The van der Waals surface area contributed by atoms with Gasteiger partial charge in [-0.1, -0.05) is 23.7 Å². The quantitative estimate of drug-likeness (QED) is 0.301. The van der Waals surface area contributed by atoms with Gasteiger partial charge in [-0.2, -0.15) is 0 Å². The van der Waals surface area contributed by atoms with Crippen LogP contribution in [-0.2, 0) is 6.61 Å². The van der Waals surface area contributed by atoms with E-state index in [4.69, 9.17) is 21.1 Å². The number of halogens is 2. The number of nitrogens with zero attached hydrogens (tertiary/aromatic N) is 2. The Morgan fingerprint density at radius 3 is 2.50 bits per heavy atom. The number of ether oxygens (including phenoxy) is 2. The maximum absolute atomic E-state index is 12.6. The molecule has 0 aromatic heterocycles. The van der Waals surface area contributed by atoms with Crippen molar-refractivity contribution in [3.8, 4) is 11.5 Å². The van der Waals surface area contributed by atoms with E-state index < -0.39 is 0 Å². The fourth-order valence-electron chi connectivity index (χ4n) is 3.78. The van der Waals surface area contributed by atoms with Crippen molar-refractivity contribution < 1.29 is 14.3 Å². The predicted octanol–water partition coefficient (Wildman–Crippen LogP) is 7.07. The number of benzene rings is 3. The van der Waals surface area contributed by atoms with Crippen LogP contribution in [0.15, 0.2) is 70.1 Å². The fraction of sp³-hybridized carbons (Fsp3) is 0.259. The van der Waals surface area contributed by atoms with Gasteiger partial charge in [0.25, 0.3) is 5.91 Å². The highest BCUT2D eigenvalue weighted by Crippen LogP contribution is 2.30. The van der Waals surface area contributed by atoms with Crippen molar-refractivity contribution in [2.45, 2.75) is 25.9 Å². The molecule has 1 aliphatic heterocycles. The number of carbonyl (C=O) groups excluding carboxylic acids is 1. The molecule has 1 heterocycles. The van der Waals surface area contributed by atoms with Gasteiger partial charge in [-0.25, -0.2) is 0 Å². The Morgan fingerprint density at radius 2 is 1.79 bits per heavy atom. The van der Waals surface area contributed by atoms with E-state index in [1.165, 1.54) is 6.42 Å². The number of aliphatic imine (C=N–C) groups is 1. The highest BCUT2D eigenvalue weighted by Gasteiger charge is 2.18. The van der Waals surface area contributed by atoms with Gasteiger partial charge in [-0.05, 0) is 94.9 Å². The zero-order valence-corrected chi connectivity index (χ0v) is 21.3. The molecule has 1 amide bonds. The normalized spacial score (nSPS) is 13.8. The van der Waals surface area contributed by atoms with Crippen LogP contribution in [0.5, 0.6) is 11.5 Å². The zero-order chi connectivity index (χ0) is 23.9. The van der Waals surface area contributed by atoms with E-state index in [2.05, 4.69) is 20.9 Å². The van der Waals surface area contributed by atoms with Gasteiger partial charge in [0.1, 0.15) is 6.61 Å². The Balaban J connectivity index is 1.38. The van der Waals surface area contributed by atoms with Crippen LogP contribution in [0.1, 0.15) is 40.7 Å². The minimum absolute atomic E-state index is 0.108. The molecule has 4 rings (SSSR count). The van der Waals surface area contributed by atoms with E-state index in [0.717, 1.165) is 52.8 Å². The lowest BCUT2D eigenvalue weighted by atomic mass is 10.1. The number of likely N-dealkylation sites (tertiary alicyclic amines) is 1. The van der Waals surface area contributed by atoms with Crippen molar-refractivity contribution in [3.05, 3.63) is 86.8 Å². The second kappa shape index (κ2) is 11.5. The summed E-state index contributed by atoms with van der Waals surface area (Å²) in [6, 6.07) is 18.8. The van der Waals surface area contributed by atoms with Gasteiger partial charge in [-0.3, -0.25) is 9.79 Å². The van der Waals surface area contributed by atoms with E-state index in [1.54, 1.807) is 19.4 Å². The van der Waals surface area contributed by atoms with Crippen LogP contribution in [-0.4, -0.2) is 37.2 Å². The molecule has 0 bridgehead atoms. The van der Waals surface area contributed by atoms with E-state index in [0.29, 0.717) is 23.1 Å². The lowest BCUT2D eigenvalue weighted by Gasteiger charge is -2.26. The summed E-state index contributed by atoms with van der Waals surface area (Å²) < 4.78 is 12.3. The molecule has 1 saturated heterocycles. The molecule has 176 valence electrons. The summed E-state index contributed by atoms with van der Waals surface area (Å²) in [5.74, 6) is 1.37. The van der Waals surface area contributed by atoms with Crippen molar-refractivity contribution in [3.63, 3.8) is 0 Å². The summed E-state index contributed by atoms with van der Waals surface area (Å²) in [7, 11) is 1.61. The minimum Gasteiger partial charge on any atom is -0.493 e. The first-order valence-electron chi connectivity index (χ1n) is 11.2. The first-order chi connectivity index (χ1) is 16.5. The number of amides is 1. The summed E-state index contributed by atoms with van der Waals surface area (Å²) in [5, 5.41) is 0.611. The van der Waals surface area contributed by atoms with Crippen molar-refractivity contribution in [1.29, 1.82) is 0 Å². The monoisotopic (exact) mass is 540 g/mol. The fourth-order valence-corrected chi connectivity index (χ4v) is 4.20. The van der Waals surface area contributed by atoms with Crippen LogP contribution in [0.2, 0.25) is 5.02 Å². The SMILES string of the molecule is COc1cc(C=Nc2ccc(Br)c(Cl)c2)ccc1OCc1ccc(C(=O)N2CCCCC2)cc1. The molecule has 0 unspecified atom stereocenters. The van der Waals surface area contributed by atoms with Crippen LogP contribution in [0.4, 0.5) is 5.69 Å². The Bertz CT molecular complexity index is 1170. The Kier molecular flexibility index (Phi) is 8.25. The van der Waals surface area contributed by atoms with Crippen LogP contribution in [0.3, 0.4) is 0 Å². The number of hydrogen-bond donors (Lipinski definition) is 0. The lowest BCUT2D eigenvalue weighted by molar-refractivity contribution is 0.0724. The van der Waals surface area contributed by atoms with Gasteiger partial charge >= 0.3 is 0 Å². The standard InChI is InChI=1S/C27H26BrClN2O3/c1-33-26-15-20(17-30-22-10-11-23(28)24(29)16-22)7-12-25(26)34-18-19-5-8-21(9-6-19)27(32)31-13-3-2-4-14-31/h5-12,15-17H,2-4,13-14,18H2,1H3. The summed E-state index contributed by atoms with van der Waals surface area (Å²) in [6.45, 7) is 2.07. The number of methoxy groups -OCH3 is 1. The van der Waals surface area contributed by atoms with Gasteiger partial charge in [-0.15, -0.1) is 0 Å². The van der Waals surface area contributed by atoms with Gasteiger partial charge in [0.15, 0.2) is 11.5 Å². The Labute approximate surface area is 213 Å². The maximum atomic E-state index is 12.6. The second-order valence-corrected chi connectivity index (χ2v) is 9.37. The molecule has 0 aliphatic carbocycles. The van der Waals surface area contributed by atoms with Gasteiger partial charge in [0, 0.05) is 29.3 Å². The Hall–Kier alpha value is -2.83. The van der Waals surface area contributed by atoms with Crippen LogP contribution < -0.4 is 9.47 Å². The number of hydrogen-bond acceptors (Lipinski definition) is 4. The highest BCUT2D eigenvalue weighted by molar-refractivity contribution is 9.10.